The molecule has 5 nitrogen and oxygen atoms in total. The molecule has 0 radical (unpaired) electrons. The Morgan fingerprint density at radius 3 is 2.80 bits per heavy atom. The first-order valence-electron chi connectivity index (χ1n) is 6.54. The molecule has 1 aliphatic heterocycles. The van der Waals surface area contributed by atoms with E-state index in [1.54, 1.807) is 11.1 Å². The topological polar surface area (TPSA) is 76.3 Å². The van der Waals surface area contributed by atoms with E-state index in [0.717, 1.165) is 16.5 Å². The lowest BCUT2D eigenvalue weighted by Gasteiger charge is -2.15. The van der Waals surface area contributed by atoms with Gasteiger partial charge in [0.15, 0.2) is 0 Å². The number of primary amides is 1. The number of carbonyl (C=O) groups is 2. The number of hydrogen-bond donors (Lipinski definition) is 1. The van der Waals surface area contributed by atoms with Crippen LogP contribution in [-0.4, -0.2) is 28.2 Å². The van der Waals surface area contributed by atoms with Crippen LogP contribution in [0.4, 0.5) is 0 Å². The molecule has 1 saturated heterocycles. The number of aromatic nitrogens is 1. The van der Waals surface area contributed by atoms with E-state index in [9.17, 15) is 9.59 Å². The second kappa shape index (κ2) is 4.92. The summed E-state index contributed by atoms with van der Waals surface area (Å²) < 4.78 is 0. The predicted molar refractivity (Wildman–Crippen MR) is 74.5 cm³/mol. The van der Waals surface area contributed by atoms with Crippen molar-refractivity contribution >= 4 is 22.6 Å². The lowest BCUT2D eigenvalue weighted by Crippen LogP contribution is -2.28. The maximum absolute atomic E-state index is 11.8. The molecule has 0 spiro atoms. The van der Waals surface area contributed by atoms with E-state index in [1.807, 2.05) is 30.3 Å². The van der Waals surface area contributed by atoms with Gasteiger partial charge in [-0.05, 0) is 11.5 Å². The number of amides is 2. The van der Waals surface area contributed by atoms with Gasteiger partial charge in [0, 0.05) is 24.5 Å². The van der Waals surface area contributed by atoms with Crippen molar-refractivity contribution in [3.8, 4) is 0 Å². The predicted octanol–water partition coefficient (Wildman–Crippen LogP) is 1.07. The summed E-state index contributed by atoms with van der Waals surface area (Å²) in [6.07, 6.45) is 2.01. The quantitative estimate of drug-likeness (QED) is 0.905. The van der Waals surface area contributed by atoms with Crippen LogP contribution < -0.4 is 5.73 Å². The van der Waals surface area contributed by atoms with Crippen LogP contribution in [0.3, 0.4) is 0 Å². The molecule has 1 unspecified atom stereocenters. The van der Waals surface area contributed by atoms with E-state index in [2.05, 4.69) is 4.98 Å². The summed E-state index contributed by atoms with van der Waals surface area (Å²) in [5, 5.41) is 2.16. The normalized spacial score (nSPS) is 18.7. The molecule has 102 valence electrons. The first kappa shape index (κ1) is 12.6. The zero-order valence-electron chi connectivity index (χ0n) is 11.0. The average molecular weight is 269 g/mol. The Bertz CT molecular complexity index is 684. The lowest BCUT2D eigenvalue weighted by atomic mass is 10.1. The third kappa shape index (κ3) is 2.34. The Morgan fingerprint density at radius 1 is 1.35 bits per heavy atom. The van der Waals surface area contributed by atoms with Gasteiger partial charge < -0.3 is 10.6 Å². The van der Waals surface area contributed by atoms with E-state index in [0.29, 0.717) is 13.1 Å². The molecule has 0 saturated carbocycles. The Morgan fingerprint density at radius 2 is 2.10 bits per heavy atom. The number of nitrogens with zero attached hydrogens (tertiary/aromatic N) is 2. The highest BCUT2D eigenvalue weighted by Gasteiger charge is 2.33. The monoisotopic (exact) mass is 269 g/mol. The van der Waals surface area contributed by atoms with Crippen LogP contribution in [0, 0.1) is 5.92 Å². The van der Waals surface area contributed by atoms with Gasteiger partial charge in [0.1, 0.15) is 0 Å². The smallest absolute Gasteiger partial charge is 0.223 e. The summed E-state index contributed by atoms with van der Waals surface area (Å²) in [7, 11) is 0. The van der Waals surface area contributed by atoms with Crippen molar-refractivity contribution in [2.45, 2.75) is 13.0 Å². The van der Waals surface area contributed by atoms with E-state index in [1.165, 1.54) is 0 Å². The molecule has 1 fully saturated rings. The molecule has 0 aliphatic carbocycles. The van der Waals surface area contributed by atoms with Gasteiger partial charge in [0.2, 0.25) is 11.8 Å². The highest BCUT2D eigenvalue weighted by atomic mass is 16.2. The first-order chi connectivity index (χ1) is 9.63. The molecule has 1 aromatic carbocycles. The number of rotatable bonds is 3. The van der Waals surface area contributed by atoms with E-state index in [4.69, 9.17) is 5.73 Å². The van der Waals surface area contributed by atoms with Crippen molar-refractivity contribution < 1.29 is 9.59 Å². The Hall–Kier alpha value is -2.43. The fourth-order valence-electron chi connectivity index (χ4n) is 2.53. The zero-order valence-corrected chi connectivity index (χ0v) is 11.0. The van der Waals surface area contributed by atoms with Crippen LogP contribution in [0.25, 0.3) is 10.8 Å². The maximum Gasteiger partial charge on any atom is 0.223 e. The lowest BCUT2D eigenvalue weighted by molar-refractivity contribution is -0.128. The molecular formula is C15H15N3O2. The van der Waals surface area contributed by atoms with Crippen LogP contribution in [0.15, 0.2) is 36.5 Å². The van der Waals surface area contributed by atoms with Gasteiger partial charge in [-0.3, -0.25) is 14.6 Å². The number of hydrogen-bond acceptors (Lipinski definition) is 3. The van der Waals surface area contributed by atoms with Crippen molar-refractivity contribution in [1.82, 2.24) is 9.88 Å². The molecule has 2 amide bonds. The number of fused-ring (bicyclic) bond motifs is 1. The molecule has 5 heteroatoms. The number of nitrogens with two attached hydrogens (primary N) is 1. The van der Waals surface area contributed by atoms with Gasteiger partial charge in [-0.2, -0.15) is 0 Å². The van der Waals surface area contributed by atoms with E-state index < -0.39 is 5.91 Å². The molecule has 0 bridgehead atoms. The highest BCUT2D eigenvalue weighted by Crippen LogP contribution is 2.20. The summed E-state index contributed by atoms with van der Waals surface area (Å²) in [6, 6.07) is 9.91. The van der Waals surface area contributed by atoms with Gasteiger partial charge in [-0.1, -0.05) is 24.3 Å². The summed E-state index contributed by atoms with van der Waals surface area (Å²) >= 11 is 0. The fourth-order valence-corrected chi connectivity index (χ4v) is 2.53. The van der Waals surface area contributed by atoms with Gasteiger partial charge in [0.05, 0.1) is 18.2 Å². The van der Waals surface area contributed by atoms with Gasteiger partial charge in [-0.15, -0.1) is 0 Å². The fraction of sp³-hybridized carbons (Fsp3) is 0.267. The van der Waals surface area contributed by atoms with E-state index >= 15 is 0 Å². The number of pyridine rings is 1. The SMILES string of the molecule is NC(=O)C1CC(=O)N(Cc2cc3ccccc3cn2)C1. The van der Waals surface area contributed by atoms with Gasteiger partial charge in [0.25, 0.3) is 0 Å². The van der Waals surface area contributed by atoms with E-state index in [-0.39, 0.29) is 18.2 Å². The number of carbonyl (C=O) groups excluding carboxylic acids is 2. The minimum atomic E-state index is -0.410. The zero-order chi connectivity index (χ0) is 14.1. The second-order valence-corrected chi connectivity index (χ2v) is 5.10. The van der Waals surface area contributed by atoms with Crippen molar-refractivity contribution in [2.24, 2.45) is 11.7 Å². The molecule has 2 heterocycles. The summed E-state index contributed by atoms with van der Waals surface area (Å²) in [5.41, 5.74) is 6.08. The molecule has 1 atom stereocenters. The van der Waals surface area contributed by atoms with Crippen LogP contribution in [0.1, 0.15) is 12.1 Å². The molecule has 1 aromatic heterocycles. The molecule has 2 aromatic rings. The average Bonchev–Trinajstić information content (AvgIpc) is 2.80. The molecule has 3 rings (SSSR count). The van der Waals surface area contributed by atoms with Crippen molar-refractivity contribution in [1.29, 1.82) is 0 Å². The Balaban J connectivity index is 1.79. The Labute approximate surface area is 116 Å². The highest BCUT2D eigenvalue weighted by molar-refractivity contribution is 5.88. The first-order valence-corrected chi connectivity index (χ1v) is 6.54. The Kier molecular flexibility index (Phi) is 3.10. The van der Waals surface area contributed by atoms with Gasteiger partial charge in [-0.25, -0.2) is 0 Å². The van der Waals surface area contributed by atoms with Crippen molar-refractivity contribution in [3.05, 3.63) is 42.2 Å². The molecule has 20 heavy (non-hydrogen) atoms. The summed E-state index contributed by atoms with van der Waals surface area (Å²) in [5.74, 6) is -0.820. The standard InChI is InChI=1S/C15H15N3O2/c16-15(20)12-6-14(19)18(8-12)9-13-5-10-3-1-2-4-11(10)7-17-13/h1-5,7,12H,6,8-9H2,(H2,16,20). The summed E-state index contributed by atoms with van der Waals surface area (Å²) in [6.45, 7) is 0.816. The second-order valence-electron chi connectivity index (χ2n) is 5.10. The van der Waals surface area contributed by atoms with Crippen LogP contribution in [0.5, 0.6) is 0 Å². The largest absolute Gasteiger partial charge is 0.369 e. The van der Waals surface area contributed by atoms with Crippen LogP contribution in [-0.2, 0) is 16.1 Å². The maximum atomic E-state index is 11.8. The minimum absolute atomic E-state index is 0.0382. The van der Waals surface area contributed by atoms with Crippen LogP contribution >= 0.6 is 0 Å². The third-order valence-corrected chi connectivity index (χ3v) is 3.66. The minimum Gasteiger partial charge on any atom is -0.369 e. The van der Waals surface area contributed by atoms with Gasteiger partial charge >= 0.3 is 0 Å². The number of likely N-dealkylation sites (tertiary alicyclic amines) is 1. The molecular weight excluding hydrogens is 254 g/mol. The van der Waals surface area contributed by atoms with Crippen LogP contribution in [0.2, 0.25) is 0 Å². The third-order valence-electron chi connectivity index (χ3n) is 3.66. The molecule has 1 aliphatic rings. The number of benzene rings is 1. The van der Waals surface area contributed by atoms with Crippen molar-refractivity contribution in [2.75, 3.05) is 6.54 Å². The summed E-state index contributed by atoms with van der Waals surface area (Å²) in [4.78, 5) is 29.0. The van der Waals surface area contributed by atoms with Crippen molar-refractivity contribution in [3.63, 3.8) is 0 Å². The molecule has 2 N–H and O–H groups in total.